The van der Waals surface area contributed by atoms with Crippen LogP contribution in [0.5, 0.6) is 0 Å². The molecule has 4 heterocycles. The molecule has 8 heteroatoms. The summed E-state index contributed by atoms with van der Waals surface area (Å²) in [5.41, 5.74) is 3.06. The Balaban J connectivity index is 1.29. The Kier molecular flexibility index (Phi) is 4.47. The summed E-state index contributed by atoms with van der Waals surface area (Å²) >= 11 is 3.28. The van der Waals surface area contributed by atoms with Crippen molar-refractivity contribution >= 4 is 22.7 Å². The molecule has 0 N–H and O–H groups in total. The van der Waals surface area contributed by atoms with Crippen LogP contribution in [-0.4, -0.2) is 51.1 Å². The molecule has 0 bridgehead atoms. The van der Waals surface area contributed by atoms with Gasteiger partial charge in [-0.15, -0.1) is 22.7 Å². The van der Waals surface area contributed by atoms with E-state index >= 15 is 0 Å². The van der Waals surface area contributed by atoms with Crippen molar-refractivity contribution < 1.29 is 4.52 Å². The van der Waals surface area contributed by atoms with Crippen molar-refractivity contribution in [2.24, 2.45) is 0 Å². The van der Waals surface area contributed by atoms with Crippen LogP contribution in [0.3, 0.4) is 0 Å². The van der Waals surface area contributed by atoms with Gasteiger partial charge in [-0.3, -0.25) is 9.80 Å². The summed E-state index contributed by atoms with van der Waals surface area (Å²) in [5.74, 6) is 1.39. The van der Waals surface area contributed by atoms with Gasteiger partial charge in [0.25, 0.3) is 0 Å². The molecule has 4 rings (SSSR count). The third-order valence-corrected chi connectivity index (χ3v) is 5.40. The molecule has 0 atom stereocenters. The molecule has 3 aromatic heterocycles. The Bertz CT molecular complexity index is 717. The Hall–Kier alpha value is -1.61. The van der Waals surface area contributed by atoms with Crippen LogP contribution in [0.1, 0.15) is 11.6 Å². The van der Waals surface area contributed by atoms with Crippen molar-refractivity contribution in [2.75, 3.05) is 26.2 Å². The summed E-state index contributed by atoms with van der Waals surface area (Å²) in [6.45, 7) is 5.79. The van der Waals surface area contributed by atoms with Gasteiger partial charge in [0.2, 0.25) is 11.7 Å². The maximum absolute atomic E-state index is 5.38. The summed E-state index contributed by atoms with van der Waals surface area (Å²) < 4.78 is 5.38. The summed E-state index contributed by atoms with van der Waals surface area (Å²) in [5, 5.41) is 8.21. The normalized spacial score (nSPS) is 16.9. The third kappa shape index (κ3) is 3.66. The number of thiazole rings is 1. The number of hydrogen-bond donors (Lipinski definition) is 0. The van der Waals surface area contributed by atoms with Gasteiger partial charge in [0.05, 0.1) is 22.6 Å². The number of aromatic nitrogens is 3. The van der Waals surface area contributed by atoms with Gasteiger partial charge in [-0.05, 0) is 11.4 Å². The van der Waals surface area contributed by atoms with Crippen molar-refractivity contribution in [2.45, 2.75) is 13.1 Å². The fourth-order valence-electron chi connectivity index (χ4n) is 2.67. The SMILES string of the molecule is c1csc(-c2noc(CN3CCN(Cc4cscn4)CC3)n2)c1. The average Bonchev–Trinajstić information content (AvgIpc) is 3.31. The highest BCUT2D eigenvalue weighted by Gasteiger charge is 2.20. The lowest BCUT2D eigenvalue weighted by Gasteiger charge is -2.33. The molecule has 6 nitrogen and oxygen atoms in total. The monoisotopic (exact) mass is 347 g/mol. The quantitative estimate of drug-likeness (QED) is 0.707. The van der Waals surface area contributed by atoms with Crippen LogP contribution in [0, 0.1) is 0 Å². The minimum Gasteiger partial charge on any atom is -0.338 e. The first-order chi connectivity index (χ1) is 11.4. The van der Waals surface area contributed by atoms with Gasteiger partial charge in [-0.25, -0.2) is 4.98 Å². The van der Waals surface area contributed by atoms with E-state index in [1.54, 1.807) is 22.7 Å². The highest BCUT2D eigenvalue weighted by atomic mass is 32.1. The molecule has 0 amide bonds. The smallest absolute Gasteiger partial charge is 0.241 e. The second-order valence-corrected chi connectivity index (χ2v) is 7.19. The van der Waals surface area contributed by atoms with Gasteiger partial charge in [-0.1, -0.05) is 11.2 Å². The molecule has 0 unspecified atom stereocenters. The lowest BCUT2D eigenvalue weighted by molar-refractivity contribution is 0.111. The molecule has 0 aliphatic carbocycles. The first-order valence-electron chi connectivity index (χ1n) is 7.55. The van der Waals surface area contributed by atoms with Crippen LogP contribution >= 0.6 is 22.7 Å². The zero-order valence-corrected chi connectivity index (χ0v) is 14.2. The van der Waals surface area contributed by atoms with Crippen molar-refractivity contribution in [3.05, 3.63) is 40.0 Å². The van der Waals surface area contributed by atoms with E-state index in [9.17, 15) is 0 Å². The van der Waals surface area contributed by atoms with Crippen LogP contribution in [0.15, 0.2) is 32.9 Å². The minimum absolute atomic E-state index is 0.692. The van der Waals surface area contributed by atoms with Crippen LogP contribution in [0.25, 0.3) is 10.7 Å². The first-order valence-corrected chi connectivity index (χ1v) is 9.37. The maximum Gasteiger partial charge on any atom is 0.241 e. The van der Waals surface area contributed by atoms with E-state index in [1.807, 2.05) is 23.0 Å². The van der Waals surface area contributed by atoms with Crippen LogP contribution in [0.4, 0.5) is 0 Å². The Morgan fingerprint density at radius 3 is 2.65 bits per heavy atom. The molecule has 23 heavy (non-hydrogen) atoms. The van der Waals surface area contributed by atoms with E-state index in [1.165, 1.54) is 5.69 Å². The lowest BCUT2D eigenvalue weighted by Crippen LogP contribution is -2.45. The highest BCUT2D eigenvalue weighted by Crippen LogP contribution is 2.21. The number of hydrogen-bond acceptors (Lipinski definition) is 8. The van der Waals surface area contributed by atoms with Gasteiger partial charge in [0.1, 0.15) is 0 Å². The first kappa shape index (κ1) is 14.9. The van der Waals surface area contributed by atoms with E-state index in [4.69, 9.17) is 4.52 Å². The predicted molar refractivity (Wildman–Crippen MR) is 90.3 cm³/mol. The molecule has 1 fully saturated rings. The Labute approximate surface area is 142 Å². The molecule has 0 aromatic carbocycles. The van der Waals surface area contributed by atoms with Gasteiger partial charge < -0.3 is 4.52 Å². The van der Waals surface area contributed by atoms with E-state index in [-0.39, 0.29) is 0 Å². The van der Waals surface area contributed by atoms with Crippen molar-refractivity contribution in [3.8, 4) is 10.7 Å². The largest absolute Gasteiger partial charge is 0.338 e. The highest BCUT2D eigenvalue weighted by molar-refractivity contribution is 7.13. The van der Waals surface area contributed by atoms with E-state index in [2.05, 4.69) is 30.3 Å². The van der Waals surface area contributed by atoms with Crippen LogP contribution in [-0.2, 0) is 13.1 Å². The fourth-order valence-corrected chi connectivity index (χ4v) is 3.87. The Morgan fingerprint density at radius 2 is 1.96 bits per heavy atom. The number of piperazine rings is 1. The molecular formula is C15H17N5OS2. The van der Waals surface area contributed by atoms with Gasteiger partial charge in [-0.2, -0.15) is 4.98 Å². The van der Waals surface area contributed by atoms with E-state index in [0.29, 0.717) is 11.7 Å². The van der Waals surface area contributed by atoms with Gasteiger partial charge in [0.15, 0.2) is 0 Å². The predicted octanol–water partition coefficient (Wildman–Crippen LogP) is 2.57. The third-order valence-electron chi connectivity index (χ3n) is 3.90. The summed E-state index contributed by atoms with van der Waals surface area (Å²) in [6.07, 6.45) is 0. The molecule has 1 aliphatic rings. The zero-order chi connectivity index (χ0) is 15.5. The second kappa shape index (κ2) is 6.88. The lowest BCUT2D eigenvalue weighted by atomic mass is 10.3. The van der Waals surface area contributed by atoms with Crippen molar-refractivity contribution in [1.29, 1.82) is 0 Å². The van der Waals surface area contributed by atoms with Crippen molar-refractivity contribution in [1.82, 2.24) is 24.9 Å². The average molecular weight is 347 g/mol. The molecule has 120 valence electrons. The fraction of sp³-hybridized carbons (Fsp3) is 0.400. The van der Waals surface area contributed by atoms with E-state index < -0.39 is 0 Å². The van der Waals surface area contributed by atoms with E-state index in [0.717, 1.165) is 44.1 Å². The number of nitrogens with zero attached hydrogens (tertiary/aromatic N) is 5. The van der Waals surface area contributed by atoms with Crippen LogP contribution in [0.2, 0.25) is 0 Å². The molecule has 1 saturated heterocycles. The number of rotatable bonds is 5. The Morgan fingerprint density at radius 1 is 1.13 bits per heavy atom. The zero-order valence-electron chi connectivity index (χ0n) is 12.6. The van der Waals surface area contributed by atoms with Crippen molar-refractivity contribution in [3.63, 3.8) is 0 Å². The molecule has 3 aromatic rings. The molecule has 0 saturated carbocycles. The summed E-state index contributed by atoms with van der Waals surface area (Å²) in [7, 11) is 0. The maximum atomic E-state index is 5.38. The number of thiophene rings is 1. The minimum atomic E-state index is 0.692. The topological polar surface area (TPSA) is 58.3 Å². The standard InChI is InChI=1S/C15H17N5OS2/c1-2-13(23-7-1)15-17-14(21-18-15)9-20-5-3-19(4-6-20)8-12-10-22-11-16-12/h1-2,7,10-11H,3-6,8-9H2. The van der Waals surface area contributed by atoms with Gasteiger partial charge >= 0.3 is 0 Å². The van der Waals surface area contributed by atoms with Crippen LogP contribution < -0.4 is 0 Å². The van der Waals surface area contributed by atoms with Gasteiger partial charge in [0, 0.05) is 38.1 Å². The summed E-state index contributed by atoms with van der Waals surface area (Å²) in [4.78, 5) is 14.7. The molecular weight excluding hydrogens is 330 g/mol. The molecule has 0 radical (unpaired) electrons. The molecule has 0 spiro atoms. The second-order valence-electron chi connectivity index (χ2n) is 5.52. The summed E-state index contributed by atoms with van der Waals surface area (Å²) in [6, 6.07) is 4.01. The molecule has 1 aliphatic heterocycles.